The fraction of sp³-hybridized carbons (Fsp3) is 0.900. The number of sulfonamides is 1. The van der Waals surface area contributed by atoms with Crippen LogP contribution in [0, 0.1) is 0 Å². The summed E-state index contributed by atoms with van der Waals surface area (Å²) < 4.78 is 24.1. The lowest BCUT2D eigenvalue weighted by molar-refractivity contribution is 0.501. The van der Waals surface area contributed by atoms with Gasteiger partial charge in [0.2, 0.25) is 10.0 Å². The lowest BCUT2D eigenvalue weighted by Gasteiger charge is -2.23. The second-order valence-corrected chi connectivity index (χ2v) is 6.64. The van der Waals surface area contributed by atoms with E-state index in [1.54, 1.807) is 0 Å². The second-order valence-electron chi connectivity index (χ2n) is 4.80. The van der Waals surface area contributed by atoms with E-state index < -0.39 is 10.0 Å². The number of aliphatic imine (C=N–C) groups is 1. The van der Waals surface area contributed by atoms with Crippen molar-refractivity contribution >= 4 is 40.0 Å². The number of rotatable bonds is 5. The Balaban J connectivity index is 0. The number of hydrogen-bond acceptors (Lipinski definition) is 3. The van der Waals surface area contributed by atoms with Crippen molar-refractivity contribution in [3.63, 3.8) is 0 Å². The quantitative estimate of drug-likeness (QED) is 0.276. The van der Waals surface area contributed by atoms with Gasteiger partial charge in [0.15, 0.2) is 5.96 Å². The second kappa shape index (κ2) is 8.92. The van der Waals surface area contributed by atoms with Gasteiger partial charge in [0, 0.05) is 18.6 Å². The number of nitrogens with zero attached hydrogens (tertiary/aromatic N) is 1. The topological polar surface area (TPSA) is 82.6 Å². The molecule has 0 amide bonds. The van der Waals surface area contributed by atoms with E-state index >= 15 is 0 Å². The first-order valence-electron chi connectivity index (χ1n) is 5.65. The maximum Gasteiger partial charge on any atom is 0.208 e. The van der Waals surface area contributed by atoms with Gasteiger partial charge in [-0.1, -0.05) is 0 Å². The largest absolute Gasteiger partial charge is 0.357 e. The molecule has 0 aliphatic heterocycles. The third kappa shape index (κ3) is 14.0. The van der Waals surface area contributed by atoms with Crippen LogP contribution in [-0.2, 0) is 10.0 Å². The molecule has 0 spiro atoms. The first-order valence-corrected chi connectivity index (χ1v) is 7.54. The van der Waals surface area contributed by atoms with Crippen molar-refractivity contribution in [1.82, 2.24) is 15.4 Å². The van der Waals surface area contributed by atoms with Crippen molar-refractivity contribution in [3.8, 4) is 0 Å². The third-order valence-corrected chi connectivity index (χ3v) is 2.31. The predicted molar refractivity (Wildman–Crippen MR) is 87.1 cm³/mol. The molecule has 0 heterocycles. The van der Waals surface area contributed by atoms with Gasteiger partial charge in [0.1, 0.15) is 0 Å². The monoisotopic (exact) mass is 392 g/mol. The highest BCUT2D eigenvalue weighted by molar-refractivity contribution is 14.0. The van der Waals surface area contributed by atoms with Crippen LogP contribution in [0.25, 0.3) is 0 Å². The fourth-order valence-electron chi connectivity index (χ4n) is 1.06. The molecule has 0 atom stereocenters. The molecule has 110 valence electrons. The summed E-state index contributed by atoms with van der Waals surface area (Å²) in [6, 6.07) is 0. The van der Waals surface area contributed by atoms with Crippen molar-refractivity contribution in [2.75, 3.05) is 25.9 Å². The highest BCUT2D eigenvalue weighted by Crippen LogP contribution is 1.97. The van der Waals surface area contributed by atoms with E-state index in [9.17, 15) is 8.42 Å². The molecule has 0 radical (unpaired) electrons. The molecule has 8 heteroatoms. The van der Waals surface area contributed by atoms with Crippen molar-refractivity contribution in [3.05, 3.63) is 0 Å². The van der Waals surface area contributed by atoms with E-state index in [2.05, 4.69) is 20.3 Å². The van der Waals surface area contributed by atoms with Gasteiger partial charge < -0.3 is 10.6 Å². The average molecular weight is 392 g/mol. The molecule has 0 aliphatic carbocycles. The van der Waals surface area contributed by atoms with Crippen molar-refractivity contribution < 1.29 is 8.42 Å². The molecular weight excluding hydrogens is 367 g/mol. The highest BCUT2D eigenvalue weighted by Gasteiger charge is 2.11. The Bertz CT molecular complexity index is 349. The van der Waals surface area contributed by atoms with Gasteiger partial charge in [0.05, 0.1) is 12.8 Å². The van der Waals surface area contributed by atoms with Gasteiger partial charge in [0.25, 0.3) is 0 Å². The summed E-state index contributed by atoms with van der Waals surface area (Å²) >= 11 is 0. The molecule has 6 nitrogen and oxygen atoms in total. The molecule has 0 aromatic carbocycles. The molecule has 0 bridgehead atoms. The summed E-state index contributed by atoms with van der Waals surface area (Å²) in [5.41, 5.74) is -0.0781. The van der Waals surface area contributed by atoms with Gasteiger partial charge in [-0.2, -0.15) is 0 Å². The molecule has 0 rings (SSSR count). The summed E-state index contributed by atoms with van der Waals surface area (Å²) in [5.74, 6) is 0.690. The Morgan fingerprint density at radius 3 is 2.22 bits per heavy atom. The zero-order chi connectivity index (χ0) is 13.5. The number of nitrogens with one attached hydrogen (secondary N) is 3. The Labute approximate surface area is 127 Å². The number of hydrogen-bond donors (Lipinski definition) is 3. The molecular formula is C10H25IN4O2S. The van der Waals surface area contributed by atoms with Crippen molar-refractivity contribution in [1.29, 1.82) is 0 Å². The Morgan fingerprint density at radius 2 is 1.83 bits per heavy atom. The van der Waals surface area contributed by atoms with Crippen LogP contribution in [0.5, 0.6) is 0 Å². The summed E-state index contributed by atoms with van der Waals surface area (Å²) in [6.07, 6.45) is 1.13. The smallest absolute Gasteiger partial charge is 0.208 e. The van der Waals surface area contributed by atoms with Crippen LogP contribution in [0.4, 0.5) is 0 Å². The summed E-state index contributed by atoms with van der Waals surface area (Å²) in [6.45, 7) is 9.56. The molecule has 0 unspecified atom stereocenters. The molecule has 3 N–H and O–H groups in total. The van der Waals surface area contributed by atoms with Crippen LogP contribution in [0.3, 0.4) is 0 Å². The van der Waals surface area contributed by atoms with Gasteiger partial charge in [-0.05, 0) is 27.7 Å². The molecule has 0 fully saturated rings. The Kier molecular flexibility index (Phi) is 10.0. The standard InChI is InChI=1S/C10H24N4O2S.HI/c1-6-11-9(14-10(2,3)4)12-7-8-13-17(5,15)16;/h13H,6-8H2,1-5H3,(H2,11,12,14);1H. The van der Waals surface area contributed by atoms with E-state index in [1.165, 1.54) is 0 Å². The van der Waals surface area contributed by atoms with Gasteiger partial charge in [-0.15, -0.1) is 24.0 Å². The molecule has 0 aliphatic rings. The van der Waals surface area contributed by atoms with E-state index in [4.69, 9.17) is 0 Å². The van der Waals surface area contributed by atoms with Crippen LogP contribution in [0.1, 0.15) is 27.7 Å². The summed E-state index contributed by atoms with van der Waals surface area (Å²) in [7, 11) is -3.13. The maximum atomic E-state index is 10.8. The zero-order valence-corrected chi connectivity index (χ0v) is 14.8. The summed E-state index contributed by atoms with van der Waals surface area (Å²) in [4.78, 5) is 4.27. The van der Waals surface area contributed by atoms with E-state index in [0.29, 0.717) is 19.0 Å². The third-order valence-electron chi connectivity index (χ3n) is 1.58. The Morgan fingerprint density at radius 1 is 1.28 bits per heavy atom. The molecule has 0 saturated heterocycles. The lowest BCUT2D eigenvalue weighted by Crippen LogP contribution is -2.47. The average Bonchev–Trinajstić information content (AvgIpc) is 2.08. The first-order chi connectivity index (χ1) is 7.64. The minimum atomic E-state index is -3.13. The normalized spacial score (nSPS) is 12.8. The predicted octanol–water partition coefficient (Wildman–Crippen LogP) is 0.507. The molecule has 0 saturated carbocycles. The molecule has 0 aromatic rings. The minimum Gasteiger partial charge on any atom is -0.357 e. The number of halogens is 1. The van der Waals surface area contributed by atoms with Crippen molar-refractivity contribution in [2.45, 2.75) is 33.2 Å². The van der Waals surface area contributed by atoms with Crippen LogP contribution in [0.2, 0.25) is 0 Å². The van der Waals surface area contributed by atoms with Gasteiger partial charge in [-0.25, -0.2) is 13.1 Å². The summed E-state index contributed by atoms with van der Waals surface area (Å²) in [5, 5.41) is 6.31. The molecule has 0 aromatic heterocycles. The van der Waals surface area contributed by atoms with Crippen molar-refractivity contribution in [2.24, 2.45) is 4.99 Å². The van der Waals surface area contributed by atoms with Crippen LogP contribution in [-0.4, -0.2) is 45.8 Å². The van der Waals surface area contributed by atoms with Gasteiger partial charge in [-0.3, -0.25) is 4.99 Å². The maximum absolute atomic E-state index is 10.8. The number of guanidine groups is 1. The van der Waals surface area contributed by atoms with Crippen LogP contribution >= 0.6 is 24.0 Å². The van der Waals surface area contributed by atoms with Gasteiger partial charge >= 0.3 is 0 Å². The zero-order valence-electron chi connectivity index (χ0n) is 11.7. The van der Waals surface area contributed by atoms with Crippen LogP contribution < -0.4 is 15.4 Å². The lowest BCUT2D eigenvalue weighted by atomic mass is 10.1. The first kappa shape index (κ1) is 20.2. The molecule has 18 heavy (non-hydrogen) atoms. The van der Waals surface area contributed by atoms with E-state index in [-0.39, 0.29) is 29.5 Å². The minimum absolute atomic E-state index is 0. The van der Waals surface area contributed by atoms with Crippen LogP contribution in [0.15, 0.2) is 4.99 Å². The Hall–Kier alpha value is -0.0900. The van der Waals surface area contributed by atoms with E-state index in [1.807, 2.05) is 27.7 Å². The SMILES string of the molecule is CCNC(=NCCNS(C)(=O)=O)NC(C)(C)C.I. The fourth-order valence-corrected chi connectivity index (χ4v) is 1.52. The highest BCUT2D eigenvalue weighted by atomic mass is 127. The van der Waals surface area contributed by atoms with E-state index in [0.717, 1.165) is 12.8 Å².